The summed E-state index contributed by atoms with van der Waals surface area (Å²) in [4.78, 5) is 18.1. The number of hydrogen-bond donors (Lipinski definition) is 2. The highest BCUT2D eigenvalue weighted by Gasteiger charge is 2.29. The predicted octanol–water partition coefficient (Wildman–Crippen LogP) is 4.40. The lowest BCUT2D eigenvalue weighted by Crippen LogP contribution is -2.20. The van der Waals surface area contributed by atoms with Crippen LogP contribution >= 0.6 is 7.82 Å². The minimum Gasteiger partial charge on any atom is -0.404 e. The van der Waals surface area contributed by atoms with E-state index >= 15 is 0 Å². The van der Waals surface area contributed by atoms with Crippen molar-refractivity contribution in [1.29, 1.82) is 0 Å². The monoisotopic (exact) mass is 312 g/mol. The van der Waals surface area contributed by atoms with E-state index in [4.69, 9.17) is 14.3 Å². The molecule has 0 spiro atoms. The van der Waals surface area contributed by atoms with Crippen LogP contribution in [-0.2, 0) is 11.0 Å². The molecule has 1 fully saturated rings. The minimum absolute atomic E-state index is 0.327. The summed E-state index contributed by atoms with van der Waals surface area (Å²) in [6, 6.07) is 5.56. The molecule has 0 aromatic heterocycles. The summed E-state index contributed by atoms with van der Waals surface area (Å²) in [5.41, 5.74) is 2.53. The van der Waals surface area contributed by atoms with Gasteiger partial charge in [0.05, 0.1) is 0 Å². The van der Waals surface area contributed by atoms with Crippen LogP contribution in [0.15, 0.2) is 18.2 Å². The van der Waals surface area contributed by atoms with Crippen LogP contribution in [0.5, 0.6) is 5.75 Å². The highest BCUT2D eigenvalue weighted by Crippen LogP contribution is 2.46. The third-order valence-electron chi connectivity index (χ3n) is 4.52. The van der Waals surface area contributed by atoms with Crippen molar-refractivity contribution in [2.45, 2.75) is 58.8 Å². The first-order valence-corrected chi connectivity index (χ1v) is 9.12. The van der Waals surface area contributed by atoms with E-state index in [9.17, 15) is 4.57 Å². The molecule has 118 valence electrons. The van der Waals surface area contributed by atoms with E-state index < -0.39 is 7.82 Å². The first-order chi connectivity index (χ1) is 9.72. The second kappa shape index (κ2) is 6.12. The van der Waals surface area contributed by atoms with E-state index in [1.54, 1.807) is 6.07 Å². The van der Waals surface area contributed by atoms with Gasteiger partial charge in [-0.2, -0.15) is 0 Å². The van der Waals surface area contributed by atoms with Crippen molar-refractivity contribution in [3.05, 3.63) is 29.3 Å². The Bertz CT molecular complexity index is 537. The molecular weight excluding hydrogens is 287 g/mol. The van der Waals surface area contributed by atoms with Gasteiger partial charge in [-0.25, -0.2) is 4.57 Å². The van der Waals surface area contributed by atoms with Crippen LogP contribution in [0.3, 0.4) is 0 Å². The molecule has 2 N–H and O–H groups in total. The molecule has 4 nitrogen and oxygen atoms in total. The Balaban J connectivity index is 2.28. The Morgan fingerprint density at radius 2 is 1.90 bits per heavy atom. The van der Waals surface area contributed by atoms with Gasteiger partial charge in [0.2, 0.25) is 0 Å². The molecule has 0 atom stereocenters. The van der Waals surface area contributed by atoms with Gasteiger partial charge in [-0.05, 0) is 60.6 Å². The zero-order valence-electron chi connectivity index (χ0n) is 13.0. The summed E-state index contributed by atoms with van der Waals surface area (Å²) in [5.74, 6) is 0.793. The molecule has 1 aromatic carbocycles. The minimum atomic E-state index is -4.51. The molecule has 1 aliphatic carbocycles. The topological polar surface area (TPSA) is 66.8 Å². The Kier molecular flexibility index (Phi) is 4.82. The fourth-order valence-corrected chi connectivity index (χ4v) is 3.69. The van der Waals surface area contributed by atoms with Crippen LogP contribution < -0.4 is 4.52 Å². The number of phosphoric acid groups is 1. The lowest BCUT2D eigenvalue weighted by molar-refractivity contribution is 0.224. The van der Waals surface area contributed by atoms with E-state index in [2.05, 4.69) is 19.9 Å². The number of benzene rings is 1. The van der Waals surface area contributed by atoms with E-state index in [0.717, 1.165) is 18.4 Å². The zero-order chi connectivity index (χ0) is 15.7. The van der Waals surface area contributed by atoms with Gasteiger partial charge in [0.25, 0.3) is 0 Å². The zero-order valence-corrected chi connectivity index (χ0v) is 13.9. The first kappa shape index (κ1) is 16.5. The summed E-state index contributed by atoms with van der Waals surface area (Å²) < 4.78 is 16.0. The number of rotatable bonds is 4. The largest absolute Gasteiger partial charge is 0.524 e. The highest BCUT2D eigenvalue weighted by atomic mass is 31.2. The number of hydrogen-bond acceptors (Lipinski definition) is 2. The molecule has 0 radical (unpaired) electrons. The average Bonchev–Trinajstić information content (AvgIpc) is 2.36. The average molecular weight is 312 g/mol. The van der Waals surface area contributed by atoms with Gasteiger partial charge in [-0.15, -0.1) is 0 Å². The maximum Gasteiger partial charge on any atom is 0.524 e. The van der Waals surface area contributed by atoms with Gasteiger partial charge < -0.3 is 4.52 Å². The van der Waals surface area contributed by atoms with E-state index in [0.29, 0.717) is 23.5 Å². The van der Waals surface area contributed by atoms with Crippen LogP contribution in [0.1, 0.15) is 63.5 Å². The Morgan fingerprint density at radius 1 is 1.29 bits per heavy atom. The van der Waals surface area contributed by atoms with E-state index in [1.807, 2.05) is 13.0 Å². The van der Waals surface area contributed by atoms with Crippen molar-refractivity contribution in [2.75, 3.05) is 0 Å². The molecule has 1 aliphatic rings. The van der Waals surface area contributed by atoms with Gasteiger partial charge >= 0.3 is 7.82 Å². The Labute approximate surface area is 126 Å². The van der Waals surface area contributed by atoms with Gasteiger partial charge in [-0.3, -0.25) is 9.79 Å². The molecule has 21 heavy (non-hydrogen) atoms. The SMILES string of the molecule is CCc1c(OP(=O)(O)O)cccc1C1CCC(C)(C)CC1. The second-order valence-corrected chi connectivity index (χ2v) is 7.86. The van der Waals surface area contributed by atoms with Crippen LogP contribution in [-0.4, -0.2) is 9.79 Å². The van der Waals surface area contributed by atoms with Crippen LogP contribution in [0, 0.1) is 5.41 Å². The quantitative estimate of drug-likeness (QED) is 0.808. The van der Waals surface area contributed by atoms with Crippen molar-refractivity contribution in [1.82, 2.24) is 0 Å². The van der Waals surface area contributed by atoms with Gasteiger partial charge in [-0.1, -0.05) is 32.9 Å². The Hall–Kier alpha value is -0.830. The third-order valence-corrected chi connectivity index (χ3v) is 4.95. The summed E-state index contributed by atoms with van der Waals surface area (Å²) in [7, 11) is -4.51. The summed E-state index contributed by atoms with van der Waals surface area (Å²) >= 11 is 0. The van der Waals surface area contributed by atoms with Gasteiger partial charge in [0.1, 0.15) is 5.75 Å². The molecule has 5 heteroatoms. The molecule has 0 bridgehead atoms. The van der Waals surface area contributed by atoms with Crippen molar-refractivity contribution in [3.63, 3.8) is 0 Å². The first-order valence-electron chi connectivity index (χ1n) is 7.59. The fourth-order valence-electron chi connectivity index (χ4n) is 3.27. The lowest BCUT2D eigenvalue weighted by atomic mass is 9.70. The van der Waals surface area contributed by atoms with Crippen molar-refractivity contribution in [3.8, 4) is 5.75 Å². The van der Waals surface area contributed by atoms with E-state index in [-0.39, 0.29) is 0 Å². The second-order valence-electron chi connectivity index (χ2n) is 6.70. The van der Waals surface area contributed by atoms with Crippen molar-refractivity contribution >= 4 is 7.82 Å². The van der Waals surface area contributed by atoms with E-state index in [1.165, 1.54) is 18.4 Å². The third kappa shape index (κ3) is 4.32. The summed E-state index contributed by atoms with van der Waals surface area (Å²) in [5, 5.41) is 0. The molecule has 0 unspecified atom stereocenters. The van der Waals surface area contributed by atoms with Crippen molar-refractivity contribution in [2.24, 2.45) is 5.41 Å². The molecule has 1 aromatic rings. The molecule has 0 heterocycles. The highest BCUT2D eigenvalue weighted by molar-refractivity contribution is 7.46. The molecular formula is C16H25O4P. The van der Waals surface area contributed by atoms with Crippen LogP contribution in [0.25, 0.3) is 0 Å². The maximum atomic E-state index is 11.1. The fraction of sp³-hybridized carbons (Fsp3) is 0.625. The van der Waals surface area contributed by atoms with Crippen LogP contribution in [0.4, 0.5) is 0 Å². The smallest absolute Gasteiger partial charge is 0.404 e. The maximum absolute atomic E-state index is 11.1. The van der Waals surface area contributed by atoms with Crippen LogP contribution in [0.2, 0.25) is 0 Å². The predicted molar refractivity (Wildman–Crippen MR) is 83.5 cm³/mol. The summed E-state index contributed by atoms with van der Waals surface area (Å²) in [6.45, 7) is 6.60. The normalized spacial score (nSPS) is 19.5. The number of phosphoric ester groups is 1. The summed E-state index contributed by atoms with van der Waals surface area (Å²) in [6.07, 6.45) is 5.33. The van der Waals surface area contributed by atoms with Gasteiger partial charge in [0, 0.05) is 0 Å². The molecule has 0 amide bonds. The molecule has 2 rings (SSSR count). The van der Waals surface area contributed by atoms with Crippen molar-refractivity contribution < 1.29 is 18.9 Å². The molecule has 1 saturated carbocycles. The van der Waals surface area contributed by atoms with Gasteiger partial charge in [0.15, 0.2) is 0 Å². The molecule has 0 saturated heterocycles. The standard InChI is InChI=1S/C16H25O4P/c1-4-13-14(12-8-10-16(2,3)11-9-12)6-5-7-15(13)20-21(17,18)19/h5-7,12H,4,8-11H2,1-3H3,(H2,17,18,19). The Morgan fingerprint density at radius 3 is 2.43 bits per heavy atom. The lowest BCUT2D eigenvalue weighted by Gasteiger charge is -2.35. The molecule has 0 aliphatic heterocycles.